The number of carbonyl (C=O) groups excluding carboxylic acids is 1. The van der Waals surface area contributed by atoms with Crippen molar-refractivity contribution in [1.29, 1.82) is 0 Å². The summed E-state index contributed by atoms with van der Waals surface area (Å²) < 4.78 is 11.2. The predicted octanol–water partition coefficient (Wildman–Crippen LogP) is 2.55. The van der Waals surface area contributed by atoms with Crippen LogP contribution in [0.4, 0.5) is 0 Å². The second kappa shape index (κ2) is 7.44. The number of aryl methyl sites for hydroxylation is 2. The SMILES string of the molecule is Cc1cc(C(=O)N2CCO[C@H]3CCCC[C@H]32)cc(C)c1OCC(=O)O. The molecule has 1 amide bonds. The first-order chi connectivity index (χ1) is 12.0. The van der Waals surface area contributed by atoms with Crippen molar-refractivity contribution in [2.45, 2.75) is 51.7 Å². The molecule has 6 nitrogen and oxygen atoms in total. The standard InChI is InChI=1S/C19H25NO5/c1-12-9-14(10-13(2)18(12)25-11-17(21)22)19(23)20-7-8-24-16-6-4-3-5-15(16)20/h9-10,15-16H,3-8,11H2,1-2H3,(H,21,22)/t15-,16+/m1/s1. The lowest BCUT2D eigenvalue weighted by Crippen LogP contribution is -2.54. The van der Waals surface area contributed by atoms with Crippen molar-refractivity contribution in [3.63, 3.8) is 0 Å². The maximum Gasteiger partial charge on any atom is 0.341 e. The van der Waals surface area contributed by atoms with Crippen LogP contribution >= 0.6 is 0 Å². The number of ether oxygens (including phenoxy) is 2. The number of amides is 1. The first kappa shape index (κ1) is 17.7. The van der Waals surface area contributed by atoms with Gasteiger partial charge in [-0.2, -0.15) is 0 Å². The highest BCUT2D eigenvalue weighted by atomic mass is 16.5. The lowest BCUT2D eigenvalue weighted by molar-refractivity contribution is -0.139. The zero-order chi connectivity index (χ0) is 18.0. The predicted molar refractivity (Wildman–Crippen MR) is 92.1 cm³/mol. The van der Waals surface area contributed by atoms with Gasteiger partial charge in [-0.25, -0.2) is 4.79 Å². The van der Waals surface area contributed by atoms with E-state index in [2.05, 4.69) is 0 Å². The van der Waals surface area contributed by atoms with Crippen LogP contribution in [-0.4, -0.2) is 53.8 Å². The molecule has 0 aromatic heterocycles. The highest BCUT2D eigenvalue weighted by Crippen LogP contribution is 2.31. The van der Waals surface area contributed by atoms with E-state index in [4.69, 9.17) is 14.6 Å². The Labute approximate surface area is 147 Å². The maximum atomic E-state index is 13.1. The molecule has 1 saturated carbocycles. The number of morpholine rings is 1. The highest BCUT2D eigenvalue weighted by Gasteiger charge is 2.37. The van der Waals surface area contributed by atoms with E-state index >= 15 is 0 Å². The Bertz CT molecular complexity index is 647. The first-order valence-electron chi connectivity index (χ1n) is 8.86. The molecule has 2 aliphatic rings. The lowest BCUT2D eigenvalue weighted by Gasteiger charge is -2.43. The van der Waals surface area contributed by atoms with E-state index in [1.54, 1.807) is 12.1 Å². The van der Waals surface area contributed by atoms with Gasteiger partial charge in [-0.1, -0.05) is 12.8 Å². The molecule has 1 N–H and O–H groups in total. The molecular weight excluding hydrogens is 322 g/mol. The van der Waals surface area contributed by atoms with Crippen LogP contribution in [0.3, 0.4) is 0 Å². The van der Waals surface area contributed by atoms with Crippen LogP contribution in [0.1, 0.15) is 47.2 Å². The molecule has 3 rings (SSSR count). The molecule has 1 saturated heterocycles. The number of aliphatic carboxylic acids is 1. The topological polar surface area (TPSA) is 76.1 Å². The van der Waals surface area contributed by atoms with Crippen molar-refractivity contribution in [1.82, 2.24) is 4.90 Å². The van der Waals surface area contributed by atoms with Crippen LogP contribution in [0.5, 0.6) is 5.75 Å². The van der Waals surface area contributed by atoms with Gasteiger partial charge in [0.1, 0.15) is 5.75 Å². The Hall–Kier alpha value is -2.08. The summed E-state index contributed by atoms with van der Waals surface area (Å²) in [5.74, 6) is -0.455. The number of benzene rings is 1. The molecule has 0 spiro atoms. The van der Waals surface area contributed by atoms with Crippen LogP contribution in [0.25, 0.3) is 0 Å². The zero-order valence-corrected chi connectivity index (χ0v) is 14.8. The van der Waals surface area contributed by atoms with Gasteiger partial charge in [0, 0.05) is 12.1 Å². The molecule has 2 fully saturated rings. The Kier molecular flexibility index (Phi) is 5.27. The van der Waals surface area contributed by atoms with Gasteiger partial charge < -0.3 is 19.5 Å². The quantitative estimate of drug-likeness (QED) is 0.906. The van der Waals surface area contributed by atoms with E-state index in [1.807, 2.05) is 18.7 Å². The number of hydrogen-bond acceptors (Lipinski definition) is 4. The van der Waals surface area contributed by atoms with Crippen molar-refractivity contribution in [3.8, 4) is 5.75 Å². The molecule has 1 aliphatic heterocycles. The number of carboxylic acid groups (broad SMARTS) is 1. The number of carboxylic acids is 1. The third-order valence-electron chi connectivity index (χ3n) is 5.04. The number of rotatable bonds is 4. The first-order valence-corrected chi connectivity index (χ1v) is 8.86. The Morgan fingerprint density at radius 3 is 2.60 bits per heavy atom. The molecule has 0 unspecified atom stereocenters. The van der Waals surface area contributed by atoms with E-state index in [0.717, 1.165) is 36.8 Å². The molecule has 1 aliphatic carbocycles. The van der Waals surface area contributed by atoms with Gasteiger partial charge in [0.25, 0.3) is 5.91 Å². The van der Waals surface area contributed by atoms with Gasteiger partial charge in [0.05, 0.1) is 18.8 Å². The molecule has 1 aromatic carbocycles. The smallest absolute Gasteiger partial charge is 0.341 e. The monoisotopic (exact) mass is 347 g/mol. The molecule has 136 valence electrons. The number of fused-ring (bicyclic) bond motifs is 1. The summed E-state index contributed by atoms with van der Waals surface area (Å²) >= 11 is 0. The molecule has 6 heteroatoms. The third-order valence-corrected chi connectivity index (χ3v) is 5.04. The van der Waals surface area contributed by atoms with Gasteiger partial charge in [-0.3, -0.25) is 4.79 Å². The fourth-order valence-electron chi connectivity index (χ4n) is 3.95. The highest BCUT2D eigenvalue weighted by molar-refractivity contribution is 5.95. The minimum absolute atomic E-state index is 0.0242. The van der Waals surface area contributed by atoms with E-state index in [-0.39, 0.29) is 24.7 Å². The lowest BCUT2D eigenvalue weighted by atomic mass is 9.89. The second-order valence-electron chi connectivity index (χ2n) is 6.88. The molecule has 0 radical (unpaired) electrons. The normalized spacial score (nSPS) is 23.0. The van der Waals surface area contributed by atoms with E-state index < -0.39 is 5.97 Å². The molecule has 2 atom stereocenters. The molecule has 0 bridgehead atoms. The minimum Gasteiger partial charge on any atom is -0.481 e. The van der Waals surface area contributed by atoms with Crippen molar-refractivity contribution < 1.29 is 24.2 Å². The van der Waals surface area contributed by atoms with Gasteiger partial charge in [0.2, 0.25) is 0 Å². The Morgan fingerprint density at radius 1 is 1.24 bits per heavy atom. The average molecular weight is 347 g/mol. The van der Waals surface area contributed by atoms with Crippen LogP contribution in [-0.2, 0) is 9.53 Å². The zero-order valence-electron chi connectivity index (χ0n) is 14.8. The summed E-state index contributed by atoms with van der Waals surface area (Å²) in [6.07, 6.45) is 4.47. The van der Waals surface area contributed by atoms with Crippen molar-refractivity contribution in [2.75, 3.05) is 19.8 Å². The number of hydrogen-bond donors (Lipinski definition) is 1. The van der Waals surface area contributed by atoms with E-state index in [9.17, 15) is 9.59 Å². The minimum atomic E-state index is -1.02. The summed E-state index contributed by atoms with van der Waals surface area (Å²) in [4.78, 5) is 25.7. The van der Waals surface area contributed by atoms with Crippen LogP contribution in [0.15, 0.2) is 12.1 Å². The van der Waals surface area contributed by atoms with Gasteiger partial charge >= 0.3 is 5.97 Å². The van der Waals surface area contributed by atoms with Crippen LogP contribution < -0.4 is 4.74 Å². The summed E-state index contributed by atoms with van der Waals surface area (Å²) in [5, 5.41) is 8.78. The van der Waals surface area contributed by atoms with Crippen molar-refractivity contribution in [3.05, 3.63) is 28.8 Å². The molecule has 1 aromatic rings. The van der Waals surface area contributed by atoms with Crippen molar-refractivity contribution in [2.24, 2.45) is 0 Å². The molecule has 1 heterocycles. The van der Waals surface area contributed by atoms with E-state index in [1.165, 1.54) is 0 Å². The third kappa shape index (κ3) is 3.79. The summed E-state index contributed by atoms with van der Waals surface area (Å²) in [5.41, 5.74) is 2.18. The van der Waals surface area contributed by atoms with Crippen LogP contribution in [0, 0.1) is 13.8 Å². The summed E-state index contributed by atoms with van der Waals surface area (Å²) in [7, 11) is 0. The van der Waals surface area contributed by atoms with E-state index in [0.29, 0.717) is 24.5 Å². The largest absolute Gasteiger partial charge is 0.481 e. The number of carbonyl (C=O) groups is 2. The number of nitrogens with zero attached hydrogens (tertiary/aromatic N) is 1. The van der Waals surface area contributed by atoms with Gasteiger partial charge in [-0.05, 0) is 49.9 Å². The Balaban J connectivity index is 1.80. The average Bonchev–Trinajstić information content (AvgIpc) is 2.59. The molecule has 25 heavy (non-hydrogen) atoms. The van der Waals surface area contributed by atoms with Crippen molar-refractivity contribution >= 4 is 11.9 Å². The van der Waals surface area contributed by atoms with Crippen LogP contribution in [0.2, 0.25) is 0 Å². The second-order valence-corrected chi connectivity index (χ2v) is 6.88. The van der Waals surface area contributed by atoms with Gasteiger partial charge in [-0.15, -0.1) is 0 Å². The Morgan fingerprint density at radius 2 is 1.92 bits per heavy atom. The maximum absolute atomic E-state index is 13.1. The summed E-state index contributed by atoms with van der Waals surface area (Å²) in [6, 6.07) is 3.75. The fraction of sp³-hybridized carbons (Fsp3) is 0.579. The fourth-order valence-corrected chi connectivity index (χ4v) is 3.95. The van der Waals surface area contributed by atoms with Gasteiger partial charge in [0.15, 0.2) is 6.61 Å². The summed E-state index contributed by atoms with van der Waals surface area (Å²) in [6.45, 7) is 4.50. The molecular formula is C19H25NO5.